The molecule has 0 radical (unpaired) electrons. The van der Waals surface area contributed by atoms with Crippen LogP contribution in [0, 0.1) is 11.3 Å². The number of aromatic nitrogens is 1. The third-order valence-corrected chi connectivity index (χ3v) is 9.28. The van der Waals surface area contributed by atoms with E-state index in [9.17, 15) is 13.2 Å². The Labute approximate surface area is 249 Å². The highest BCUT2D eigenvalue weighted by Crippen LogP contribution is 2.29. The van der Waals surface area contributed by atoms with Gasteiger partial charge in [-0.15, -0.1) is 0 Å². The van der Waals surface area contributed by atoms with E-state index in [-0.39, 0.29) is 29.9 Å². The van der Waals surface area contributed by atoms with E-state index in [1.54, 1.807) is 4.90 Å². The van der Waals surface area contributed by atoms with Gasteiger partial charge in [-0.3, -0.25) is 5.32 Å². The molecular weight excluding hydrogens is 567 g/mol. The van der Waals surface area contributed by atoms with Crippen molar-refractivity contribution >= 4 is 42.7 Å². The molecule has 1 heterocycles. The lowest BCUT2D eigenvalue weighted by atomic mass is 9.88. The Morgan fingerprint density at radius 2 is 1.48 bits per heavy atom. The summed E-state index contributed by atoms with van der Waals surface area (Å²) in [5.41, 5.74) is 3.44. The zero-order chi connectivity index (χ0) is 29.4. The summed E-state index contributed by atoms with van der Waals surface area (Å²) in [5.74, 6) is 0.0421. The first-order chi connectivity index (χ1) is 20.4. The highest BCUT2D eigenvalue weighted by atomic mass is 32.2. The number of rotatable bonds is 11. The molecule has 0 saturated carbocycles. The summed E-state index contributed by atoms with van der Waals surface area (Å²) in [6, 6.07) is 35.2. The fourth-order valence-electron chi connectivity index (χ4n) is 4.70. The van der Waals surface area contributed by atoms with Gasteiger partial charge in [-0.05, 0) is 53.9 Å². The summed E-state index contributed by atoms with van der Waals surface area (Å²) < 4.78 is 29.3. The second kappa shape index (κ2) is 13.4. The Morgan fingerprint density at radius 1 is 0.857 bits per heavy atom. The molecule has 1 aromatic heterocycles. The van der Waals surface area contributed by atoms with Gasteiger partial charge in [0, 0.05) is 25.6 Å². The molecule has 0 fully saturated rings. The number of thiazole rings is 1. The quantitative estimate of drug-likeness (QED) is 0.189. The highest BCUT2D eigenvalue weighted by Gasteiger charge is 2.21. The molecule has 2 amide bonds. The highest BCUT2D eigenvalue weighted by molar-refractivity contribution is 7.89. The Morgan fingerprint density at radius 3 is 2.10 bits per heavy atom. The van der Waals surface area contributed by atoms with Gasteiger partial charge in [-0.25, -0.2) is 22.9 Å². The maximum absolute atomic E-state index is 13.5. The first kappa shape index (κ1) is 29.0. The van der Waals surface area contributed by atoms with E-state index in [1.165, 1.54) is 35.6 Å². The number of hydrogen-bond acceptors (Lipinski definition) is 6. The van der Waals surface area contributed by atoms with Crippen molar-refractivity contribution in [2.45, 2.75) is 17.2 Å². The van der Waals surface area contributed by atoms with Gasteiger partial charge in [-0.1, -0.05) is 84.1 Å². The lowest BCUT2D eigenvalue weighted by Gasteiger charge is -2.26. The Kier molecular flexibility index (Phi) is 9.24. The zero-order valence-electron chi connectivity index (χ0n) is 22.7. The van der Waals surface area contributed by atoms with Crippen LogP contribution >= 0.6 is 11.3 Å². The minimum atomic E-state index is -3.83. The molecule has 0 aliphatic carbocycles. The van der Waals surface area contributed by atoms with Crippen LogP contribution < -0.4 is 10.0 Å². The van der Waals surface area contributed by atoms with Crippen LogP contribution in [0.2, 0.25) is 0 Å². The first-order valence-corrected chi connectivity index (χ1v) is 15.7. The molecule has 42 heavy (non-hydrogen) atoms. The number of nitrogens with one attached hydrogen (secondary N) is 2. The van der Waals surface area contributed by atoms with Crippen LogP contribution in [-0.2, 0) is 10.0 Å². The fourth-order valence-corrected chi connectivity index (χ4v) is 6.58. The number of carbonyl (C=O) groups excluding carboxylic acids is 1. The molecule has 0 saturated heterocycles. The molecule has 5 rings (SSSR count). The molecule has 0 atom stereocenters. The molecule has 0 spiro atoms. The van der Waals surface area contributed by atoms with Crippen LogP contribution in [0.25, 0.3) is 10.2 Å². The number of fused-ring (bicyclic) bond motifs is 1. The van der Waals surface area contributed by atoms with Crippen molar-refractivity contribution in [2.75, 3.05) is 25.0 Å². The van der Waals surface area contributed by atoms with E-state index in [1.807, 2.05) is 66.7 Å². The van der Waals surface area contributed by atoms with Gasteiger partial charge >= 0.3 is 6.03 Å². The summed E-state index contributed by atoms with van der Waals surface area (Å²) in [4.78, 5) is 19.7. The topological polar surface area (TPSA) is 115 Å². The zero-order valence-corrected chi connectivity index (χ0v) is 24.3. The van der Waals surface area contributed by atoms with Gasteiger partial charge in [0.1, 0.15) is 0 Å². The molecule has 212 valence electrons. The van der Waals surface area contributed by atoms with Crippen molar-refractivity contribution in [1.29, 1.82) is 5.26 Å². The van der Waals surface area contributed by atoms with Crippen LogP contribution in [0.4, 0.5) is 9.93 Å². The molecule has 0 aliphatic heterocycles. The molecule has 8 nitrogen and oxygen atoms in total. The van der Waals surface area contributed by atoms with Crippen molar-refractivity contribution in [3.05, 3.63) is 126 Å². The number of carbonyl (C=O) groups is 1. The van der Waals surface area contributed by atoms with Crippen LogP contribution in [0.3, 0.4) is 0 Å². The van der Waals surface area contributed by atoms with Crippen molar-refractivity contribution < 1.29 is 13.2 Å². The molecule has 5 aromatic rings. The minimum absolute atomic E-state index is 0.0109. The van der Waals surface area contributed by atoms with Gasteiger partial charge in [0.05, 0.1) is 26.7 Å². The number of nitrogens with zero attached hydrogens (tertiary/aromatic N) is 3. The summed E-state index contributed by atoms with van der Waals surface area (Å²) >= 11 is 1.39. The standard InChI is InChI=1S/C32H29N5O3S2/c33-23-24-15-17-27(18-16-24)42(39,40)34-20-22-37(32(38)36-31-35-29-13-7-8-14-30(29)41-31)21-19-28(25-9-3-1-4-10-25)26-11-5-2-6-12-26/h1-18,28,34H,19-22H2,(H,35,36,38). The van der Waals surface area contributed by atoms with E-state index in [2.05, 4.69) is 39.3 Å². The predicted molar refractivity (Wildman–Crippen MR) is 166 cm³/mol. The van der Waals surface area contributed by atoms with E-state index in [0.29, 0.717) is 23.7 Å². The molecule has 0 bridgehead atoms. The van der Waals surface area contributed by atoms with Gasteiger partial charge in [-0.2, -0.15) is 5.26 Å². The second-order valence-corrected chi connectivity index (χ2v) is 12.4. The molecule has 0 unspecified atom stereocenters. The summed E-state index contributed by atoms with van der Waals surface area (Å²) in [7, 11) is -3.83. The maximum atomic E-state index is 13.5. The van der Waals surface area contributed by atoms with E-state index < -0.39 is 10.0 Å². The van der Waals surface area contributed by atoms with E-state index in [0.717, 1.165) is 21.3 Å². The minimum Gasteiger partial charge on any atom is -0.323 e. The number of hydrogen-bond donors (Lipinski definition) is 2. The number of para-hydroxylation sites is 1. The number of urea groups is 1. The summed E-state index contributed by atoms with van der Waals surface area (Å²) in [6.45, 7) is 0.531. The third kappa shape index (κ3) is 7.19. The third-order valence-electron chi connectivity index (χ3n) is 6.85. The van der Waals surface area contributed by atoms with Crippen molar-refractivity contribution in [3.8, 4) is 6.07 Å². The average Bonchev–Trinajstić information content (AvgIpc) is 3.43. The van der Waals surface area contributed by atoms with E-state index >= 15 is 0 Å². The lowest BCUT2D eigenvalue weighted by molar-refractivity contribution is 0.211. The second-order valence-electron chi connectivity index (χ2n) is 9.60. The predicted octanol–water partition coefficient (Wildman–Crippen LogP) is 6.20. The molecule has 4 aromatic carbocycles. The van der Waals surface area contributed by atoms with Gasteiger partial charge in [0.2, 0.25) is 10.0 Å². The van der Waals surface area contributed by atoms with Crippen molar-refractivity contribution in [2.24, 2.45) is 0 Å². The molecule has 0 aliphatic rings. The number of nitriles is 1. The van der Waals surface area contributed by atoms with Crippen molar-refractivity contribution in [1.82, 2.24) is 14.6 Å². The van der Waals surface area contributed by atoms with E-state index in [4.69, 9.17) is 5.26 Å². The van der Waals surface area contributed by atoms with Crippen molar-refractivity contribution in [3.63, 3.8) is 0 Å². The number of sulfonamides is 1. The lowest BCUT2D eigenvalue weighted by Crippen LogP contribution is -2.41. The van der Waals surface area contributed by atoms with Crippen LogP contribution in [0.5, 0.6) is 0 Å². The van der Waals surface area contributed by atoms with Crippen LogP contribution in [-0.4, -0.2) is 44.0 Å². The number of benzene rings is 4. The van der Waals surface area contributed by atoms with Gasteiger partial charge in [0.25, 0.3) is 0 Å². The summed E-state index contributed by atoms with van der Waals surface area (Å²) in [5, 5.41) is 12.4. The Bertz CT molecular complexity index is 1710. The first-order valence-electron chi connectivity index (χ1n) is 13.4. The maximum Gasteiger partial charge on any atom is 0.323 e. The normalized spacial score (nSPS) is 11.3. The van der Waals surface area contributed by atoms with Gasteiger partial charge in [0.15, 0.2) is 5.13 Å². The monoisotopic (exact) mass is 595 g/mol. The Balaban J connectivity index is 1.33. The molecular formula is C32H29N5O3S2. The largest absolute Gasteiger partial charge is 0.323 e. The number of amides is 2. The van der Waals surface area contributed by atoms with Crippen LogP contribution in [0.15, 0.2) is 114 Å². The number of anilines is 1. The Hall–Kier alpha value is -4.56. The van der Waals surface area contributed by atoms with Gasteiger partial charge < -0.3 is 4.90 Å². The molecule has 2 N–H and O–H groups in total. The fraction of sp³-hybridized carbons (Fsp3) is 0.156. The smallest absolute Gasteiger partial charge is 0.323 e. The molecule has 10 heteroatoms. The summed E-state index contributed by atoms with van der Waals surface area (Å²) in [6.07, 6.45) is 0.629. The van der Waals surface area contributed by atoms with Crippen LogP contribution in [0.1, 0.15) is 29.0 Å². The SMILES string of the molecule is N#Cc1ccc(S(=O)(=O)NCCN(CCC(c2ccccc2)c2ccccc2)C(=O)Nc2nc3ccccc3s2)cc1. The average molecular weight is 596 g/mol.